The first-order valence-electron chi connectivity index (χ1n) is 11.6. The Morgan fingerprint density at radius 1 is 1.18 bits per heavy atom. The molecule has 3 fully saturated rings. The van der Waals surface area contributed by atoms with Crippen LogP contribution < -0.4 is 10.1 Å². The van der Waals surface area contributed by atoms with E-state index in [4.69, 9.17) is 9.47 Å². The Labute approximate surface area is 198 Å². The van der Waals surface area contributed by atoms with Crippen molar-refractivity contribution in [2.45, 2.75) is 24.8 Å². The van der Waals surface area contributed by atoms with E-state index in [0.717, 1.165) is 42.9 Å². The minimum Gasteiger partial charge on any atom is -0.497 e. The number of fused-ring (bicyclic) bond motifs is 3. The van der Waals surface area contributed by atoms with Crippen LogP contribution in [0.15, 0.2) is 54.6 Å². The highest BCUT2D eigenvalue weighted by atomic mass is 19.1. The number of carbonyl (C=O) groups is 1. The Morgan fingerprint density at radius 2 is 1.94 bits per heavy atom. The van der Waals surface area contributed by atoms with Crippen molar-refractivity contribution in [3.8, 4) is 17.0 Å². The number of nitrogens with zero attached hydrogens (tertiary/aromatic N) is 3. The molecule has 3 saturated heterocycles. The van der Waals surface area contributed by atoms with Crippen molar-refractivity contribution in [1.29, 1.82) is 0 Å². The highest BCUT2D eigenvalue weighted by Gasteiger charge is 2.42. The van der Waals surface area contributed by atoms with Gasteiger partial charge >= 0.3 is 6.09 Å². The normalized spacial score (nSPS) is 23.5. The minimum absolute atomic E-state index is 0.224. The van der Waals surface area contributed by atoms with Crippen molar-refractivity contribution in [3.05, 3.63) is 66.1 Å². The van der Waals surface area contributed by atoms with E-state index >= 15 is 0 Å². The lowest BCUT2D eigenvalue weighted by atomic mass is 9.74. The van der Waals surface area contributed by atoms with Gasteiger partial charge in [0.25, 0.3) is 0 Å². The Kier molecular flexibility index (Phi) is 6.24. The molecule has 1 aromatic heterocycles. The van der Waals surface area contributed by atoms with E-state index in [1.807, 2.05) is 11.7 Å². The van der Waals surface area contributed by atoms with Gasteiger partial charge in [-0.1, -0.05) is 0 Å². The molecular weight excluding hydrogens is 435 g/mol. The SMILES string of the molecule is COc1ccc(NC(=O)OC[C@H]2C[C@@H]3CCN2C[C@@H]3c2cc(-c3ccc(F)cc3)nn2C)cc1. The van der Waals surface area contributed by atoms with Gasteiger partial charge in [0.2, 0.25) is 0 Å². The van der Waals surface area contributed by atoms with Crippen LogP contribution in [-0.4, -0.2) is 53.6 Å². The summed E-state index contributed by atoms with van der Waals surface area (Å²) in [5, 5.41) is 7.46. The van der Waals surface area contributed by atoms with Crippen LogP contribution in [0.1, 0.15) is 24.5 Å². The Hall–Kier alpha value is -3.39. The Balaban J connectivity index is 1.19. The summed E-state index contributed by atoms with van der Waals surface area (Å²) in [6.45, 7) is 2.30. The average Bonchev–Trinajstić information content (AvgIpc) is 3.25. The van der Waals surface area contributed by atoms with Gasteiger partial charge in [0.05, 0.1) is 12.8 Å². The molecule has 0 spiro atoms. The summed E-state index contributed by atoms with van der Waals surface area (Å²) in [6, 6.07) is 16.0. The summed E-state index contributed by atoms with van der Waals surface area (Å²) in [4.78, 5) is 14.7. The maximum Gasteiger partial charge on any atom is 0.411 e. The first-order chi connectivity index (χ1) is 16.5. The number of rotatable bonds is 6. The molecule has 2 aromatic carbocycles. The molecule has 1 N–H and O–H groups in total. The van der Waals surface area contributed by atoms with Crippen LogP contribution in [0, 0.1) is 11.7 Å². The van der Waals surface area contributed by atoms with Crippen LogP contribution in [-0.2, 0) is 11.8 Å². The highest BCUT2D eigenvalue weighted by molar-refractivity contribution is 5.84. The smallest absolute Gasteiger partial charge is 0.411 e. The molecule has 4 atom stereocenters. The van der Waals surface area contributed by atoms with E-state index in [1.54, 1.807) is 43.5 Å². The molecule has 178 valence electrons. The molecule has 3 aromatic rings. The average molecular weight is 465 g/mol. The second-order valence-corrected chi connectivity index (χ2v) is 9.08. The van der Waals surface area contributed by atoms with Crippen LogP contribution in [0.2, 0.25) is 0 Å². The number of hydrogen-bond acceptors (Lipinski definition) is 5. The molecule has 4 heterocycles. The topological polar surface area (TPSA) is 68.6 Å². The number of nitrogens with one attached hydrogen (secondary N) is 1. The third-order valence-corrected chi connectivity index (χ3v) is 7.06. The fourth-order valence-corrected chi connectivity index (χ4v) is 5.24. The molecule has 7 nitrogen and oxygen atoms in total. The number of methoxy groups -OCH3 is 1. The second-order valence-electron chi connectivity index (χ2n) is 9.08. The maximum absolute atomic E-state index is 13.3. The number of aromatic nitrogens is 2. The van der Waals surface area contributed by atoms with E-state index in [-0.39, 0.29) is 11.9 Å². The summed E-state index contributed by atoms with van der Waals surface area (Å²) >= 11 is 0. The molecule has 1 amide bonds. The van der Waals surface area contributed by atoms with Gasteiger partial charge in [0, 0.05) is 42.5 Å². The van der Waals surface area contributed by atoms with Crippen LogP contribution in [0.25, 0.3) is 11.3 Å². The van der Waals surface area contributed by atoms with Crippen molar-refractivity contribution in [2.75, 3.05) is 32.1 Å². The summed E-state index contributed by atoms with van der Waals surface area (Å²) < 4.78 is 25.9. The first-order valence-corrected chi connectivity index (χ1v) is 11.6. The van der Waals surface area contributed by atoms with Crippen molar-refractivity contribution in [2.24, 2.45) is 13.0 Å². The van der Waals surface area contributed by atoms with Gasteiger partial charge < -0.3 is 9.47 Å². The van der Waals surface area contributed by atoms with Gasteiger partial charge in [-0.05, 0) is 79.9 Å². The van der Waals surface area contributed by atoms with E-state index in [9.17, 15) is 9.18 Å². The summed E-state index contributed by atoms with van der Waals surface area (Å²) in [7, 11) is 3.58. The lowest BCUT2D eigenvalue weighted by Crippen LogP contribution is -2.54. The van der Waals surface area contributed by atoms with E-state index in [1.165, 1.54) is 17.8 Å². The molecule has 34 heavy (non-hydrogen) atoms. The Morgan fingerprint density at radius 3 is 2.62 bits per heavy atom. The summed E-state index contributed by atoms with van der Waals surface area (Å²) in [5.41, 5.74) is 3.65. The lowest BCUT2D eigenvalue weighted by Gasteiger charge is -2.49. The number of aryl methyl sites for hydroxylation is 1. The fraction of sp³-hybridized carbons (Fsp3) is 0.385. The molecule has 1 unspecified atom stereocenters. The zero-order chi connectivity index (χ0) is 23.7. The minimum atomic E-state index is -0.445. The molecule has 6 rings (SSSR count). The number of carbonyl (C=O) groups excluding carboxylic acids is 1. The molecule has 0 saturated carbocycles. The van der Waals surface area contributed by atoms with Crippen molar-refractivity contribution >= 4 is 11.8 Å². The predicted octanol–water partition coefficient (Wildman–Crippen LogP) is 4.66. The molecule has 0 aliphatic carbocycles. The molecular formula is C26H29FN4O3. The fourth-order valence-electron chi connectivity index (χ4n) is 5.24. The number of piperidine rings is 3. The molecule has 2 bridgehead atoms. The first kappa shape index (κ1) is 22.4. The molecule has 8 heteroatoms. The lowest BCUT2D eigenvalue weighted by molar-refractivity contribution is -0.00222. The van der Waals surface area contributed by atoms with E-state index in [0.29, 0.717) is 24.1 Å². The van der Waals surface area contributed by atoms with Gasteiger partial charge in [0.15, 0.2) is 0 Å². The quantitative estimate of drug-likeness (QED) is 0.575. The summed E-state index contributed by atoms with van der Waals surface area (Å²) in [5.74, 6) is 1.38. The molecule has 3 aliphatic heterocycles. The van der Waals surface area contributed by atoms with Crippen molar-refractivity contribution < 1.29 is 18.7 Å². The van der Waals surface area contributed by atoms with E-state index in [2.05, 4.69) is 21.4 Å². The van der Waals surface area contributed by atoms with Crippen molar-refractivity contribution in [1.82, 2.24) is 14.7 Å². The maximum atomic E-state index is 13.3. The molecule has 3 aliphatic rings. The standard InChI is InChI=1S/C26H29FN4O3/c1-30-25(14-24(29-30)17-3-5-19(27)6-4-17)23-15-31-12-11-18(23)13-21(31)16-34-26(32)28-20-7-9-22(33-2)10-8-20/h3-10,14,18,21,23H,11-13,15-16H2,1-2H3,(H,28,32)/t18-,21+,23-/m0/s1. The second kappa shape index (κ2) is 9.46. The number of benzene rings is 2. The number of halogens is 1. The summed E-state index contributed by atoms with van der Waals surface area (Å²) in [6.07, 6.45) is 1.66. The zero-order valence-corrected chi connectivity index (χ0v) is 19.4. The van der Waals surface area contributed by atoms with Crippen LogP contribution in [0.5, 0.6) is 5.75 Å². The van der Waals surface area contributed by atoms with Gasteiger partial charge in [-0.2, -0.15) is 5.10 Å². The molecule has 0 radical (unpaired) electrons. The van der Waals surface area contributed by atoms with Crippen LogP contribution in [0.3, 0.4) is 0 Å². The van der Waals surface area contributed by atoms with Gasteiger partial charge in [-0.3, -0.25) is 14.9 Å². The largest absolute Gasteiger partial charge is 0.497 e. The van der Waals surface area contributed by atoms with Crippen LogP contribution in [0.4, 0.5) is 14.9 Å². The number of hydrogen-bond donors (Lipinski definition) is 1. The van der Waals surface area contributed by atoms with Crippen LogP contribution >= 0.6 is 0 Å². The number of amides is 1. The zero-order valence-electron chi connectivity index (χ0n) is 19.4. The highest BCUT2D eigenvalue weighted by Crippen LogP contribution is 2.42. The van der Waals surface area contributed by atoms with Gasteiger partial charge in [-0.15, -0.1) is 0 Å². The third-order valence-electron chi connectivity index (χ3n) is 7.06. The van der Waals surface area contributed by atoms with Gasteiger partial charge in [0.1, 0.15) is 18.2 Å². The van der Waals surface area contributed by atoms with E-state index < -0.39 is 6.09 Å². The predicted molar refractivity (Wildman–Crippen MR) is 127 cm³/mol. The number of ether oxygens (including phenoxy) is 2. The Bertz CT molecular complexity index is 1150. The third kappa shape index (κ3) is 4.63. The van der Waals surface area contributed by atoms with Crippen molar-refractivity contribution in [3.63, 3.8) is 0 Å². The number of anilines is 1. The van der Waals surface area contributed by atoms with Gasteiger partial charge in [-0.25, -0.2) is 9.18 Å². The monoisotopic (exact) mass is 464 g/mol.